The number of aromatic nitrogens is 3. The van der Waals surface area contributed by atoms with Gasteiger partial charge in [0.2, 0.25) is 12.7 Å². The van der Waals surface area contributed by atoms with Crippen LogP contribution >= 0.6 is 11.8 Å². The summed E-state index contributed by atoms with van der Waals surface area (Å²) >= 11 is 1.32. The van der Waals surface area contributed by atoms with Gasteiger partial charge in [-0.3, -0.25) is 9.20 Å². The summed E-state index contributed by atoms with van der Waals surface area (Å²) in [4.78, 5) is 12.6. The van der Waals surface area contributed by atoms with E-state index in [2.05, 4.69) is 15.5 Å². The number of hydrogen-bond donors (Lipinski definition) is 1. The molecule has 0 saturated heterocycles. The van der Waals surface area contributed by atoms with E-state index in [1.807, 2.05) is 60.7 Å². The molecule has 0 aliphatic carbocycles. The average Bonchev–Trinajstić information content (AvgIpc) is 3.39. The summed E-state index contributed by atoms with van der Waals surface area (Å²) in [5.74, 6) is 2.09. The molecule has 0 fully saturated rings. The molecule has 4 aromatic rings. The minimum absolute atomic E-state index is 0.150. The molecule has 8 nitrogen and oxygen atoms in total. The molecule has 0 bridgehead atoms. The molecule has 0 radical (unpaired) electrons. The van der Waals surface area contributed by atoms with Crippen molar-refractivity contribution in [2.24, 2.45) is 0 Å². The Hall–Kier alpha value is -3.46. The molecular formula is C22H20N4O4S. The number of fused-ring (bicyclic) bond motifs is 4. The lowest BCUT2D eigenvalue weighted by molar-refractivity contribution is -0.113. The lowest BCUT2D eigenvalue weighted by Crippen LogP contribution is -2.15. The molecule has 0 atom stereocenters. The maximum absolute atomic E-state index is 12.6. The van der Waals surface area contributed by atoms with Gasteiger partial charge in [0.1, 0.15) is 5.75 Å². The molecule has 1 aliphatic rings. The fourth-order valence-corrected chi connectivity index (χ4v) is 4.30. The number of para-hydroxylation sites is 2. The fraction of sp³-hybridized carbons (Fsp3) is 0.227. The first kappa shape index (κ1) is 19.5. The number of rotatable bonds is 6. The van der Waals surface area contributed by atoms with Crippen LogP contribution in [0.1, 0.15) is 12.5 Å². The molecule has 1 aliphatic heterocycles. The van der Waals surface area contributed by atoms with E-state index in [0.717, 1.165) is 27.9 Å². The first-order valence-corrected chi connectivity index (χ1v) is 10.8. The van der Waals surface area contributed by atoms with E-state index >= 15 is 0 Å². The average molecular weight is 436 g/mol. The highest BCUT2D eigenvalue weighted by atomic mass is 32.2. The van der Waals surface area contributed by atoms with Gasteiger partial charge in [0.25, 0.3) is 0 Å². The molecule has 5 rings (SSSR count). The maximum atomic E-state index is 12.6. The second-order valence-corrected chi connectivity index (χ2v) is 7.94. The van der Waals surface area contributed by atoms with Crippen molar-refractivity contribution in [2.75, 3.05) is 24.5 Å². The summed E-state index contributed by atoms with van der Waals surface area (Å²) < 4.78 is 18.6. The smallest absolute Gasteiger partial charge is 0.234 e. The zero-order chi connectivity index (χ0) is 21.4. The van der Waals surface area contributed by atoms with Crippen LogP contribution < -0.4 is 19.5 Å². The van der Waals surface area contributed by atoms with Gasteiger partial charge in [-0.1, -0.05) is 23.9 Å². The summed E-state index contributed by atoms with van der Waals surface area (Å²) in [5, 5.41) is 13.2. The zero-order valence-electron chi connectivity index (χ0n) is 17.0. The van der Waals surface area contributed by atoms with Crippen LogP contribution in [0.3, 0.4) is 0 Å². The number of thioether (sulfide) groups is 1. The SMILES string of the molecule is CCOc1ccccc1NC(=O)CSc1nnc2c(C)cc3cc4c(cc3n12)OCO4. The van der Waals surface area contributed by atoms with Crippen LogP contribution in [0.4, 0.5) is 5.69 Å². The van der Waals surface area contributed by atoms with E-state index in [9.17, 15) is 4.79 Å². The Kier molecular flexibility index (Phi) is 5.03. The van der Waals surface area contributed by atoms with Crippen molar-refractivity contribution in [1.82, 2.24) is 14.6 Å². The Balaban J connectivity index is 1.42. The van der Waals surface area contributed by atoms with Crippen LogP contribution in [0.25, 0.3) is 16.6 Å². The van der Waals surface area contributed by atoms with Crippen LogP contribution in [0, 0.1) is 6.92 Å². The number of anilines is 1. The van der Waals surface area contributed by atoms with Gasteiger partial charge in [-0.15, -0.1) is 10.2 Å². The fourth-order valence-electron chi connectivity index (χ4n) is 3.56. The Morgan fingerprint density at radius 1 is 1.19 bits per heavy atom. The van der Waals surface area contributed by atoms with Crippen molar-refractivity contribution in [1.29, 1.82) is 0 Å². The predicted octanol–water partition coefficient (Wildman–Crippen LogP) is 4.05. The molecule has 9 heteroatoms. The van der Waals surface area contributed by atoms with E-state index in [1.165, 1.54) is 11.8 Å². The number of benzene rings is 2. The highest BCUT2D eigenvalue weighted by Crippen LogP contribution is 2.37. The quantitative estimate of drug-likeness (QED) is 0.456. The number of nitrogens with one attached hydrogen (secondary N) is 1. The van der Waals surface area contributed by atoms with Crippen molar-refractivity contribution >= 4 is 39.9 Å². The van der Waals surface area contributed by atoms with Crippen LogP contribution in [0.5, 0.6) is 17.2 Å². The van der Waals surface area contributed by atoms with Gasteiger partial charge in [-0.05, 0) is 43.7 Å². The highest BCUT2D eigenvalue weighted by molar-refractivity contribution is 7.99. The summed E-state index contributed by atoms with van der Waals surface area (Å²) in [7, 11) is 0. The Bertz CT molecular complexity index is 1300. The number of pyridine rings is 1. The molecule has 0 unspecified atom stereocenters. The summed E-state index contributed by atoms with van der Waals surface area (Å²) in [6.45, 7) is 4.63. The molecular weight excluding hydrogens is 416 g/mol. The van der Waals surface area contributed by atoms with Crippen molar-refractivity contribution < 1.29 is 19.0 Å². The summed E-state index contributed by atoms with van der Waals surface area (Å²) in [6.07, 6.45) is 0. The standard InChI is InChI=1S/C22H20N4O4S/c1-3-28-17-7-5-4-6-15(17)23-20(27)11-31-22-25-24-21-13(2)8-14-9-18-19(30-12-29-18)10-16(14)26(21)22/h4-10H,3,11-12H2,1-2H3,(H,23,27). The van der Waals surface area contributed by atoms with Crippen LogP contribution in [-0.4, -0.2) is 39.7 Å². The number of hydrogen-bond acceptors (Lipinski definition) is 7. The van der Waals surface area contributed by atoms with E-state index < -0.39 is 0 Å². The van der Waals surface area contributed by atoms with Crippen LogP contribution in [0.2, 0.25) is 0 Å². The zero-order valence-corrected chi connectivity index (χ0v) is 17.9. The van der Waals surface area contributed by atoms with Crippen LogP contribution in [0.15, 0.2) is 47.6 Å². The van der Waals surface area contributed by atoms with E-state index in [-0.39, 0.29) is 18.5 Å². The predicted molar refractivity (Wildman–Crippen MR) is 118 cm³/mol. The number of carbonyl (C=O) groups excluding carboxylic acids is 1. The molecule has 0 saturated carbocycles. The molecule has 0 spiro atoms. The topological polar surface area (TPSA) is 87.0 Å². The largest absolute Gasteiger partial charge is 0.492 e. The van der Waals surface area contributed by atoms with Gasteiger partial charge in [0.15, 0.2) is 22.3 Å². The van der Waals surface area contributed by atoms with Gasteiger partial charge in [0.05, 0.1) is 23.6 Å². The minimum atomic E-state index is -0.150. The Morgan fingerprint density at radius 2 is 2.00 bits per heavy atom. The van der Waals surface area contributed by atoms with Gasteiger partial charge < -0.3 is 19.5 Å². The lowest BCUT2D eigenvalue weighted by atomic mass is 10.1. The highest BCUT2D eigenvalue weighted by Gasteiger charge is 2.19. The number of carbonyl (C=O) groups is 1. The molecule has 31 heavy (non-hydrogen) atoms. The Labute approximate surface area is 182 Å². The van der Waals surface area contributed by atoms with E-state index in [0.29, 0.717) is 28.9 Å². The monoisotopic (exact) mass is 436 g/mol. The van der Waals surface area contributed by atoms with Crippen LogP contribution in [-0.2, 0) is 4.79 Å². The van der Waals surface area contributed by atoms with Crippen molar-refractivity contribution in [3.05, 3.63) is 48.0 Å². The van der Waals surface area contributed by atoms with Crippen molar-refractivity contribution in [3.8, 4) is 17.2 Å². The molecule has 1 amide bonds. The molecule has 2 aromatic heterocycles. The third-order valence-corrected chi connectivity index (χ3v) is 5.84. The van der Waals surface area contributed by atoms with Gasteiger partial charge >= 0.3 is 0 Å². The summed E-state index contributed by atoms with van der Waals surface area (Å²) in [5.41, 5.74) is 3.28. The number of nitrogens with zero attached hydrogens (tertiary/aromatic N) is 3. The number of amides is 1. The number of ether oxygens (including phenoxy) is 3. The van der Waals surface area contributed by atoms with E-state index in [1.54, 1.807) is 0 Å². The third kappa shape index (κ3) is 3.61. The molecule has 3 heterocycles. The lowest BCUT2D eigenvalue weighted by Gasteiger charge is -2.11. The van der Waals surface area contributed by atoms with Crippen molar-refractivity contribution in [2.45, 2.75) is 19.0 Å². The Morgan fingerprint density at radius 3 is 2.84 bits per heavy atom. The second-order valence-electron chi connectivity index (χ2n) is 7.00. The third-order valence-electron chi connectivity index (χ3n) is 4.91. The molecule has 2 aromatic carbocycles. The van der Waals surface area contributed by atoms with Gasteiger partial charge in [-0.25, -0.2) is 0 Å². The minimum Gasteiger partial charge on any atom is -0.492 e. The second kappa shape index (κ2) is 7.99. The first-order valence-electron chi connectivity index (χ1n) is 9.86. The molecule has 158 valence electrons. The normalized spacial score (nSPS) is 12.5. The van der Waals surface area contributed by atoms with Gasteiger partial charge in [-0.2, -0.15) is 0 Å². The number of aryl methyl sites for hydroxylation is 1. The summed E-state index contributed by atoms with van der Waals surface area (Å²) in [6, 6.07) is 13.3. The van der Waals surface area contributed by atoms with Crippen molar-refractivity contribution in [3.63, 3.8) is 0 Å². The van der Waals surface area contributed by atoms with E-state index in [4.69, 9.17) is 14.2 Å². The first-order chi connectivity index (χ1) is 15.1. The maximum Gasteiger partial charge on any atom is 0.234 e. The van der Waals surface area contributed by atoms with Gasteiger partial charge in [0, 0.05) is 11.5 Å². The molecule has 1 N–H and O–H groups in total.